The fourth-order valence-electron chi connectivity index (χ4n) is 2.76. The predicted molar refractivity (Wildman–Crippen MR) is 81.7 cm³/mol. The number of hydrogen-bond acceptors (Lipinski definition) is 2. The molecule has 0 aromatic heterocycles. The Bertz CT molecular complexity index is 762. The fourth-order valence-corrected chi connectivity index (χ4v) is 4.71. The quantitative estimate of drug-likeness (QED) is 0.865. The predicted octanol–water partition coefficient (Wildman–Crippen LogP) is 3.56. The zero-order valence-corrected chi connectivity index (χ0v) is 12.8. The minimum Gasteiger partial charge on any atom is -0.228 e. The van der Waals surface area contributed by atoms with E-state index >= 15 is 0 Å². The number of hydrogen-bond donors (Lipinski definition) is 0. The second-order valence-electron chi connectivity index (χ2n) is 5.34. The van der Waals surface area contributed by atoms with Gasteiger partial charge in [-0.2, -0.15) is 0 Å². The van der Waals surface area contributed by atoms with Crippen molar-refractivity contribution in [2.75, 3.05) is 0 Å². The molecule has 1 aliphatic rings. The zero-order chi connectivity index (χ0) is 15.0. The molecule has 110 valence electrons. The van der Waals surface area contributed by atoms with Crippen molar-refractivity contribution in [2.45, 2.75) is 23.8 Å². The van der Waals surface area contributed by atoms with Crippen molar-refractivity contribution < 1.29 is 12.8 Å². The fraction of sp³-hybridized carbons (Fsp3) is 0.250. The highest BCUT2D eigenvalue weighted by molar-refractivity contribution is 7.91. The molecule has 0 N–H and O–H groups in total. The lowest BCUT2D eigenvalue weighted by atomic mass is 10.1. The van der Waals surface area contributed by atoms with Crippen molar-refractivity contribution in [2.24, 2.45) is 0 Å². The minimum atomic E-state index is -3.42. The Labute approximate surface area is 128 Å². The maximum atomic E-state index is 13.7. The van der Waals surface area contributed by atoms with E-state index in [1.807, 2.05) is 24.3 Å². The molecule has 0 spiro atoms. The molecule has 0 bridgehead atoms. The molecule has 1 aliphatic carbocycles. The van der Waals surface area contributed by atoms with Crippen molar-refractivity contribution in [1.82, 2.24) is 0 Å². The van der Waals surface area contributed by atoms with Gasteiger partial charge in [0.05, 0.1) is 11.0 Å². The van der Waals surface area contributed by atoms with E-state index in [9.17, 15) is 12.8 Å². The molecule has 0 heterocycles. The number of halogens is 2. The van der Waals surface area contributed by atoms with E-state index < -0.39 is 20.9 Å². The summed E-state index contributed by atoms with van der Waals surface area (Å²) in [6, 6.07) is 11.7. The Morgan fingerprint density at radius 2 is 1.71 bits per heavy atom. The molecule has 0 atom stereocenters. The third-order valence-electron chi connectivity index (χ3n) is 3.89. The van der Waals surface area contributed by atoms with Crippen molar-refractivity contribution in [3.8, 4) is 0 Å². The molecular weight excluding hydrogens is 311 g/mol. The van der Waals surface area contributed by atoms with Crippen LogP contribution in [0.25, 0.3) is 0 Å². The van der Waals surface area contributed by atoms with Gasteiger partial charge >= 0.3 is 0 Å². The summed E-state index contributed by atoms with van der Waals surface area (Å²) in [4.78, 5) is 0. The molecule has 5 heteroatoms. The number of benzene rings is 2. The van der Waals surface area contributed by atoms with Gasteiger partial charge in [-0.3, -0.25) is 0 Å². The van der Waals surface area contributed by atoms with Gasteiger partial charge < -0.3 is 0 Å². The summed E-state index contributed by atoms with van der Waals surface area (Å²) in [6.45, 7) is 0. The molecule has 0 aliphatic heterocycles. The second kappa shape index (κ2) is 5.43. The summed E-state index contributed by atoms with van der Waals surface area (Å²) >= 11 is 5.82. The first kappa shape index (κ1) is 14.5. The molecule has 2 nitrogen and oxygen atoms in total. The maximum Gasteiger partial charge on any atom is 0.158 e. The van der Waals surface area contributed by atoms with Gasteiger partial charge in [-0.05, 0) is 42.2 Å². The topological polar surface area (TPSA) is 34.1 Å². The molecule has 0 saturated heterocycles. The van der Waals surface area contributed by atoms with Crippen LogP contribution in [-0.4, -0.2) is 13.7 Å². The van der Waals surface area contributed by atoms with Crippen LogP contribution < -0.4 is 0 Å². The van der Waals surface area contributed by atoms with Crippen molar-refractivity contribution in [3.05, 3.63) is 70.0 Å². The second-order valence-corrected chi connectivity index (χ2v) is 8.06. The van der Waals surface area contributed by atoms with Gasteiger partial charge in [0.25, 0.3) is 0 Å². The van der Waals surface area contributed by atoms with Gasteiger partial charge in [-0.25, -0.2) is 12.8 Å². The standard InChI is InChI=1S/C16H14ClFO2S/c17-14-5-6-16(18)13(7-14)10-21(19,20)15-8-11-3-1-2-4-12(11)9-15/h1-7,15H,8-10H2. The van der Waals surface area contributed by atoms with E-state index in [-0.39, 0.29) is 11.3 Å². The average Bonchev–Trinajstić information content (AvgIpc) is 2.87. The van der Waals surface area contributed by atoms with Gasteiger partial charge in [0.2, 0.25) is 0 Å². The normalized spacial score (nSPS) is 15.1. The van der Waals surface area contributed by atoms with Crippen molar-refractivity contribution >= 4 is 21.4 Å². The Balaban J connectivity index is 1.84. The van der Waals surface area contributed by atoms with E-state index in [2.05, 4.69) is 0 Å². The first-order valence-electron chi connectivity index (χ1n) is 6.68. The smallest absolute Gasteiger partial charge is 0.158 e. The first-order valence-corrected chi connectivity index (χ1v) is 8.77. The van der Waals surface area contributed by atoms with Crippen LogP contribution in [-0.2, 0) is 28.4 Å². The van der Waals surface area contributed by atoms with E-state index in [4.69, 9.17) is 11.6 Å². The highest BCUT2D eigenvalue weighted by atomic mass is 35.5. The van der Waals surface area contributed by atoms with Crippen LogP contribution in [0.3, 0.4) is 0 Å². The number of sulfone groups is 1. The molecule has 2 aromatic rings. The largest absolute Gasteiger partial charge is 0.228 e. The molecule has 0 fully saturated rings. The number of fused-ring (bicyclic) bond motifs is 1. The van der Waals surface area contributed by atoms with Crippen LogP contribution >= 0.6 is 11.6 Å². The van der Waals surface area contributed by atoms with Crippen molar-refractivity contribution in [3.63, 3.8) is 0 Å². The highest BCUT2D eigenvalue weighted by Crippen LogP contribution is 2.29. The Morgan fingerprint density at radius 1 is 1.10 bits per heavy atom. The summed E-state index contributed by atoms with van der Waals surface area (Å²) in [5.41, 5.74) is 2.27. The average molecular weight is 325 g/mol. The van der Waals surface area contributed by atoms with Crippen LogP contribution in [0.5, 0.6) is 0 Å². The monoisotopic (exact) mass is 324 g/mol. The van der Waals surface area contributed by atoms with E-state index in [1.54, 1.807) is 0 Å². The minimum absolute atomic E-state index is 0.137. The van der Waals surface area contributed by atoms with Gasteiger partial charge in [-0.1, -0.05) is 35.9 Å². The summed E-state index contributed by atoms with van der Waals surface area (Å²) in [7, 11) is -3.42. The first-order chi connectivity index (χ1) is 9.95. The van der Waals surface area contributed by atoms with E-state index in [0.717, 1.165) is 11.1 Å². The summed E-state index contributed by atoms with van der Waals surface area (Å²) in [5.74, 6) is -0.837. The maximum absolute atomic E-state index is 13.7. The van der Waals surface area contributed by atoms with Crippen LogP contribution in [0.1, 0.15) is 16.7 Å². The van der Waals surface area contributed by atoms with Crippen LogP contribution in [0.2, 0.25) is 5.02 Å². The lowest BCUT2D eigenvalue weighted by molar-refractivity contribution is 0.574. The summed E-state index contributed by atoms with van der Waals surface area (Å²) in [6.07, 6.45) is 1.00. The molecule has 21 heavy (non-hydrogen) atoms. The van der Waals surface area contributed by atoms with Crippen LogP contribution in [0.15, 0.2) is 42.5 Å². The molecule has 0 amide bonds. The third kappa shape index (κ3) is 2.97. The Morgan fingerprint density at radius 3 is 2.33 bits per heavy atom. The van der Waals surface area contributed by atoms with Crippen LogP contribution in [0.4, 0.5) is 4.39 Å². The van der Waals surface area contributed by atoms with Gasteiger partial charge in [0, 0.05) is 10.6 Å². The zero-order valence-electron chi connectivity index (χ0n) is 11.2. The molecule has 3 rings (SSSR count). The van der Waals surface area contributed by atoms with E-state index in [0.29, 0.717) is 17.9 Å². The van der Waals surface area contributed by atoms with Gasteiger partial charge in [0.1, 0.15) is 5.82 Å². The van der Waals surface area contributed by atoms with Crippen LogP contribution in [0, 0.1) is 5.82 Å². The third-order valence-corrected chi connectivity index (χ3v) is 6.18. The summed E-state index contributed by atoms with van der Waals surface area (Å²) < 4.78 is 38.8. The lowest BCUT2D eigenvalue weighted by Gasteiger charge is -2.12. The molecular formula is C16H14ClFO2S. The summed E-state index contributed by atoms with van der Waals surface area (Å²) in [5, 5.41) is -0.135. The Kier molecular flexibility index (Phi) is 3.76. The van der Waals surface area contributed by atoms with Gasteiger partial charge in [-0.15, -0.1) is 0 Å². The molecule has 0 radical (unpaired) electrons. The highest BCUT2D eigenvalue weighted by Gasteiger charge is 2.32. The molecule has 0 unspecified atom stereocenters. The number of rotatable bonds is 3. The lowest BCUT2D eigenvalue weighted by Crippen LogP contribution is -2.23. The molecule has 2 aromatic carbocycles. The SMILES string of the molecule is O=S(=O)(Cc1cc(Cl)ccc1F)C1Cc2ccccc2C1. The van der Waals surface area contributed by atoms with Crippen molar-refractivity contribution in [1.29, 1.82) is 0 Å². The molecule has 0 saturated carbocycles. The van der Waals surface area contributed by atoms with E-state index in [1.165, 1.54) is 18.2 Å². The Hall–Kier alpha value is -1.39. The van der Waals surface area contributed by atoms with Gasteiger partial charge in [0.15, 0.2) is 9.84 Å².